The topological polar surface area (TPSA) is 72.5 Å². The molecule has 0 radical (unpaired) electrons. The molecule has 0 fully saturated rings. The quantitative estimate of drug-likeness (QED) is 0.411. The lowest BCUT2D eigenvalue weighted by atomic mass is 10.3. The zero-order chi connectivity index (χ0) is 12.6. The minimum atomic E-state index is -3.67. The Balaban J connectivity index is 4.03. The fraction of sp³-hybridized carbons (Fsp3) is 0.857. The van der Waals surface area contributed by atoms with Crippen LogP contribution in [-0.4, -0.2) is 38.1 Å². The lowest BCUT2D eigenvalue weighted by Crippen LogP contribution is -2.27. The molecule has 1 atom stereocenters. The van der Waals surface area contributed by atoms with E-state index in [4.69, 9.17) is 11.6 Å². The molecule has 16 heavy (non-hydrogen) atoms. The van der Waals surface area contributed by atoms with Crippen LogP contribution in [0, 0.1) is 0 Å². The second-order valence-corrected chi connectivity index (χ2v) is 6.08. The molecule has 5 nitrogen and oxygen atoms in total. The summed E-state index contributed by atoms with van der Waals surface area (Å²) in [4.78, 5) is 11.0. The number of ether oxygens (including phenoxy) is 1. The van der Waals surface area contributed by atoms with Crippen molar-refractivity contribution in [2.75, 3.05) is 18.4 Å². The van der Waals surface area contributed by atoms with Gasteiger partial charge in [-0.05, 0) is 18.9 Å². The van der Waals surface area contributed by atoms with Crippen LogP contribution in [-0.2, 0) is 19.6 Å². The van der Waals surface area contributed by atoms with Crippen LogP contribution in [0.4, 0.5) is 4.39 Å². The number of rotatable bonds is 8. The third-order valence-corrected chi connectivity index (χ3v) is 4.26. The average molecular weight is 294 g/mol. The maximum absolute atomic E-state index is 11.7. The van der Waals surface area contributed by atoms with Crippen molar-refractivity contribution >= 4 is 39.5 Å². The first-order valence-electron chi connectivity index (χ1n) is 4.38. The molecule has 0 heterocycles. The standard InChI is InChI=1S/C7H13ClFNO4S2/c1-2-14-7(11)3-6(8)4-16(12,13)10-15-5-9/h6,10H,2-5H2,1H3. The molecule has 0 bridgehead atoms. The van der Waals surface area contributed by atoms with E-state index in [0.717, 1.165) is 0 Å². The summed E-state index contributed by atoms with van der Waals surface area (Å²) in [6.45, 7) is 1.85. The van der Waals surface area contributed by atoms with Crippen molar-refractivity contribution in [1.82, 2.24) is 4.13 Å². The van der Waals surface area contributed by atoms with Crippen LogP contribution >= 0.6 is 23.5 Å². The van der Waals surface area contributed by atoms with Gasteiger partial charge in [-0.15, -0.1) is 11.6 Å². The van der Waals surface area contributed by atoms with Gasteiger partial charge in [0, 0.05) is 0 Å². The molecule has 0 aliphatic rings. The van der Waals surface area contributed by atoms with Gasteiger partial charge in [0.05, 0.1) is 24.2 Å². The fourth-order valence-electron chi connectivity index (χ4n) is 0.844. The van der Waals surface area contributed by atoms with Gasteiger partial charge in [-0.2, -0.15) is 4.13 Å². The summed E-state index contributed by atoms with van der Waals surface area (Å²) >= 11 is 6.06. The molecule has 0 aromatic carbocycles. The number of carbonyl (C=O) groups excluding carboxylic acids is 1. The predicted molar refractivity (Wildman–Crippen MR) is 61.4 cm³/mol. The maximum Gasteiger partial charge on any atom is 0.307 e. The van der Waals surface area contributed by atoms with Gasteiger partial charge in [0.1, 0.15) is 6.01 Å². The normalized spacial score (nSPS) is 13.4. The summed E-state index contributed by atoms with van der Waals surface area (Å²) < 4.78 is 40.6. The van der Waals surface area contributed by atoms with Gasteiger partial charge in [0.2, 0.25) is 10.0 Å². The number of halogens is 2. The van der Waals surface area contributed by atoms with Crippen molar-refractivity contribution in [1.29, 1.82) is 0 Å². The van der Waals surface area contributed by atoms with E-state index >= 15 is 0 Å². The third-order valence-electron chi connectivity index (χ3n) is 1.33. The van der Waals surface area contributed by atoms with E-state index in [0.29, 0.717) is 11.9 Å². The van der Waals surface area contributed by atoms with Gasteiger partial charge in [-0.25, -0.2) is 12.8 Å². The number of esters is 1. The van der Waals surface area contributed by atoms with Gasteiger partial charge in [0.25, 0.3) is 0 Å². The number of nitrogens with one attached hydrogen (secondary N) is 1. The average Bonchev–Trinajstić information content (AvgIpc) is 2.13. The summed E-state index contributed by atoms with van der Waals surface area (Å²) in [5, 5.41) is -0.892. The molecule has 0 aliphatic carbocycles. The molecular weight excluding hydrogens is 281 g/mol. The van der Waals surface area contributed by atoms with Crippen LogP contribution in [0.5, 0.6) is 0 Å². The molecular formula is C7H13ClFNO4S2. The van der Waals surface area contributed by atoms with Crippen LogP contribution in [0.3, 0.4) is 0 Å². The highest BCUT2D eigenvalue weighted by atomic mass is 35.5. The van der Waals surface area contributed by atoms with E-state index in [1.165, 1.54) is 0 Å². The Hall–Kier alpha value is -0.0500. The Bertz CT molecular complexity index is 312. The monoisotopic (exact) mass is 293 g/mol. The fourth-order valence-corrected chi connectivity index (χ4v) is 3.23. The molecule has 0 rings (SSSR count). The lowest BCUT2D eigenvalue weighted by molar-refractivity contribution is -0.143. The van der Waals surface area contributed by atoms with E-state index in [9.17, 15) is 17.6 Å². The molecule has 0 spiro atoms. The highest BCUT2D eigenvalue weighted by molar-refractivity contribution is 8.09. The van der Waals surface area contributed by atoms with E-state index in [1.807, 2.05) is 4.13 Å². The smallest absolute Gasteiger partial charge is 0.307 e. The van der Waals surface area contributed by atoms with E-state index in [-0.39, 0.29) is 13.0 Å². The van der Waals surface area contributed by atoms with Gasteiger partial charge < -0.3 is 4.74 Å². The number of hydrogen-bond acceptors (Lipinski definition) is 5. The first-order valence-corrected chi connectivity index (χ1v) is 7.45. The van der Waals surface area contributed by atoms with Crippen LogP contribution in [0.1, 0.15) is 13.3 Å². The number of carbonyl (C=O) groups is 1. The SMILES string of the molecule is CCOC(=O)CC(Cl)CS(=O)(=O)NSCF. The van der Waals surface area contributed by atoms with Crippen LogP contribution in [0.2, 0.25) is 0 Å². The predicted octanol–water partition coefficient (Wildman–Crippen LogP) is 1.04. The van der Waals surface area contributed by atoms with E-state index < -0.39 is 33.1 Å². The molecule has 0 aliphatic heterocycles. The van der Waals surface area contributed by atoms with E-state index in [2.05, 4.69) is 4.74 Å². The molecule has 0 aromatic rings. The van der Waals surface area contributed by atoms with Crippen molar-refractivity contribution in [2.45, 2.75) is 18.7 Å². The Morgan fingerprint density at radius 3 is 2.75 bits per heavy atom. The molecule has 0 aromatic heterocycles. The lowest BCUT2D eigenvalue weighted by Gasteiger charge is -2.09. The van der Waals surface area contributed by atoms with E-state index in [1.54, 1.807) is 6.92 Å². The summed E-state index contributed by atoms with van der Waals surface area (Å²) in [5.41, 5.74) is 0. The Morgan fingerprint density at radius 1 is 1.62 bits per heavy atom. The molecule has 1 N–H and O–H groups in total. The van der Waals surface area contributed by atoms with Crippen molar-refractivity contribution in [3.8, 4) is 0 Å². The largest absolute Gasteiger partial charge is 0.466 e. The number of alkyl halides is 2. The van der Waals surface area contributed by atoms with Gasteiger partial charge >= 0.3 is 5.97 Å². The second-order valence-electron chi connectivity index (χ2n) is 2.72. The van der Waals surface area contributed by atoms with Gasteiger partial charge in [0.15, 0.2) is 0 Å². The van der Waals surface area contributed by atoms with Gasteiger partial charge in [-0.3, -0.25) is 4.79 Å². The summed E-state index contributed by atoms with van der Waals surface area (Å²) in [7, 11) is -3.67. The van der Waals surface area contributed by atoms with Crippen molar-refractivity contribution in [3.05, 3.63) is 0 Å². The summed E-state index contributed by atoms with van der Waals surface area (Å²) in [6.07, 6.45) is -0.198. The molecule has 96 valence electrons. The number of hydrogen-bond donors (Lipinski definition) is 1. The molecule has 0 saturated heterocycles. The minimum absolute atomic E-state index is 0.198. The zero-order valence-electron chi connectivity index (χ0n) is 8.61. The van der Waals surface area contributed by atoms with Crippen LogP contribution < -0.4 is 4.13 Å². The molecule has 9 heteroatoms. The highest BCUT2D eigenvalue weighted by Gasteiger charge is 2.20. The van der Waals surface area contributed by atoms with Crippen molar-refractivity contribution in [2.24, 2.45) is 0 Å². The molecule has 0 amide bonds. The zero-order valence-corrected chi connectivity index (χ0v) is 11.0. The van der Waals surface area contributed by atoms with Crippen molar-refractivity contribution < 1.29 is 22.3 Å². The van der Waals surface area contributed by atoms with Gasteiger partial charge in [-0.1, -0.05) is 0 Å². The Morgan fingerprint density at radius 2 is 2.25 bits per heavy atom. The van der Waals surface area contributed by atoms with Crippen LogP contribution in [0.25, 0.3) is 0 Å². The first-order chi connectivity index (χ1) is 7.41. The summed E-state index contributed by atoms with van der Waals surface area (Å²) in [6, 6.07) is -0.871. The van der Waals surface area contributed by atoms with Crippen LogP contribution in [0.15, 0.2) is 0 Å². The third kappa shape index (κ3) is 8.14. The number of sulfonamides is 1. The second kappa shape index (κ2) is 8.10. The first kappa shape index (κ1) is 16.0. The highest BCUT2D eigenvalue weighted by Crippen LogP contribution is 2.08. The Labute approximate surface area is 103 Å². The molecule has 0 saturated carbocycles. The maximum atomic E-state index is 11.7. The summed E-state index contributed by atoms with van der Waals surface area (Å²) in [5.74, 6) is -1.02. The minimum Gasteiger partial charge on any atom is -0.466 e. The molecule has 1 unspecified atom stereocenters. The van der Waals surface area contributed by atoms with Crippen molar-refractivity contribution in [3.63, 3.8) is 0 Å². The Kier molecular flexibility index (Phi) is 8.08.